The largest absolute Gasteiger partial charge is 0.493 e. The van der Waals surface area contributed by atoms with E-state index in [4.69, 9.17) is 9.15 Å². The minimum Gasteiger partial charge on any atom is -0.493 e. The van der Waals surface area contributed by atoms with E-state index in [1.54, 1.807) is 30.3 Å². The number of nitrogens with one attached hydrogen (secondary N) is 1. The Hall–Kier alpha value is -2.13. The van der Waals surface area contributed by atoms with Crippen molar-refractivity contribution in [1.82, 2.24) is 4.72 Å². The van der Waals surface area contributed by atoms with Gasteiger partial charge in [-0.2, -0.15) is 0 Å². The van der Waals surface area contributed by atoms with Crippen molar-refractivity contribution in [2.24, 2.45) is 0 Å². The predicted molar refractivity (Wildman–Crippen MR) is 96.9 cm³/mol. The normalized spacial score (nSPS) is 16.0. The molecule has 2 N–H and O–H groups in total. The first-order valence-corrected chi connectivity index (χ1v) is 10.4. The molecule has 8 heteroatoms. The quantitative estimate of drug-likeness (QED) is 0.674. The Kier molecular flexibility index (Phi) is 4.36. The molecule has 6 nitrogen and oxygen atoms in total. The molecule has 1 aliphatic rings. The molecule has 0 amide bonds. The van der Waals surface area contributed by atoms with Crippen molar-refractivity contribution in [1.29, 1.82) is 0 Å². The smallest absolute Gasteiger partial charge is 0.240 e. The van der Waals surface area contributed by atoms with Crippen LogP contribution in [-0.4, -0.2) is 26.7 Å². The van der Waals surface area contributed by atoms with Crippen LogP contribution in [0.2, 0.25) is 0 Å². The summed E-state index contributed by atoms with van der Waals surface area (Å²) < 4.78 is 38.5. The fourth-order valence-electron chi connectivity index (χ4n) is 2.96. The highest BCUT2D eigenvalue weighted by molar-refractivity contribution is 7.89. The van der Waals surface area contributed by atoms with Crippen LogP contribution >= 0.6 is 11.3 Å². The van der Waals surface area contributed by atoms with Gasteiger partial charge in [0.25, 0.3) is 0 Å². The molecule has 0 saturated heterocycles. The molecule has 0 unspecified atom stereocenters. The van der Waals surface area contributed by atoms with Gasteiger partial charge in [-0.05, 0) is 41.3 Å². The van der Waals surface area contributed by atoms with Gasteiger partial charge in [0.15, 0.2) is 0 Å². The molecule has 0 bridgehead atoms. The summed E-state index contributed by atoms with van der Waals surface area (Å²) in [6.45, 7) is 0.355. The number of thiophene rings is 1. The van der Waals surface area contributed by atoms with E-state index in [1.165, 1.54) is 29.9 Å². The van der Waals surface area contributed by atoms with Gasteiger partial charge in [0.2, 0.25) is 10.0 Å². The van der Waals surface area contributed by atoms with Crippen molar-refractivity contribution in [2.75, 3.05) is 13.2 Å². The first-order valence-electron chi connectivity index (χ1n) is 8.03. The summed E-state index contributed by atoms with van der Waals surface area (Å²) in [5.41, 5.74) is -0.144. The molecule has 26 heavy (non-hydrogen) atoms. The SMILES string of the molecule is O=S(=O)(NC[C@@](O)(c1ccoc1)c1cccs1)c1ccc2c(c1)CCO2. The van der Waals surface area contributed by atoms with Crippen molar-refractivity contribution in [3.05, 3.63) is 70.3 Å². The Labute approximate surface area is 155 Å². The monoisotopic (exact) mass is 391 g/mol. The van der Waals surface area contributed by atoms with Crippen LogP contribution in [0.15, 0.2) is 63.6 Å². The number of benzene rings is 1. The van der Waals surface area contributed by atoms with Gasteiger partial charge < -0.3 is 14.3 Å². The molecule has 3 heterocycles. The molecule has 136 valence electrons. The minimum absolute atomic E-state index is 0.155. The second-order valence-electron chi connectivity index (χ2n) is 6.04. The molecule has 0 aliphatic carbocycles. The summed E-state index contributed by atoms with van der Waals surface area (Å²) in [6, 6.07) is 9.99. The zero-order valence-corrected chi connectivity index (χ0v) is 15.3. The second kappa shape index (κ2) is 6.55. The van der Waals surface area contributed by atoms with E-state index < -0.39 is 15.6 Å². The molecular formula is C18H17NO5S2. The number of ether oxygens (including phenoxy) is 1. The molecule has 2 aromatic heterocycles. The zero-order chi connectivity index (χ0) is 18.2. The van der Waals surface area contributed by atoms with Crippen molar-refractivity contribution in [3.8, 4) is 5.75 Å². The van der Waals surface area contributed by atoms with Gasteiger partial charge >= 0.3 is 0 Å². The predicted octanol–water partition coefficient (Wildman–Crippen LogP) is 2.49. The Morgan fingerprint density at radius 1 is 1.27 bits per heavy atom. The van der Waals surface area contributed by atoms with E-state index in [1.807, 2.05) is 5.38 Å². The maximum Gasteiger partial charge on any atom is 0.240 e. The zero-order valence-electron chi connectivity index (χ0n) is 13.7. The van der Waals surface area contributed by atoms with E-state index in [9.17, 15) is 13.5 Å². The van der Waals surface area contributed by atoms with Crippen LogP contribution in [0.5, 0.6) is 5.75 Å². The van der Waals surface area contributed by atoms with E-state index >= 15 is 0 Å². The van der Waals surface area contributed by atoms with Crippen LogP contribution in [0.25, 0.3) is 0 Å². The van der Waals surface area contributed by atoms with E-state index in [-0.39, 0.29) is 11.4 Å². The Balaban J connectivity index is 1.61. The molecule has 1 aromatic carbocycles. The Bertz CT molecular complexity index is 960. The summed E-state index contributed by atoms with van der Waals surface area (Å²) >= 11 is 1.35. The van der Waals surface area contributed by atoms with E-state index in [2.05, 4.69) is 4.72 Å². The highest BCUT2D eigenvalue weighted by Gasteiger charge is 2.35. The number of rotatable bonds is 6. The van der Waals surface area contributed by atoms with Crippen LogP contribution in [0, 0.1) is 0 Å². The number of hydrogen-bond donors (Lipinski definition) is 2. The number of aliphatic hydroxyl groups is 1. The molecule has 3 aromatic rings. The first-order chi connectivity index (χ1) is 12.5. The highest BCUT2D eigenvalue weighted by atomic mass is 32.2. The topological polar surface area (TPSA) is 88.8 Å². The summed E-state index contributed by atoms with van der Waals surface area (Å²) in [4.78, 5) is 0.784. The minimum atomic E-state index is -3.79. The third-order valence-electron chi connectivity index (χ3n) is 4.42. The van der Waals surface area contributed by atoms with Gasteiger partial charge in [0.05, 0.1) is 24.0 Å². The summed E-state index contributed by atoms with van der Waals surface area (Å²) in [7, 11) is -3.79. The summed E-state index contributed by atoms with van der Waals surface area (Å²) in [6.07, 6.45) is 3.55. The van der Waals surface area contributed by atoms with Crippen molar-refractivity contribution in [2.45, 2.75) is 16.9 Å². The van der Waals surface area contributed by atoms with Crippen molar-refractivity contribution < 1.29 is 22.7 Å². The first kappa shape index (κ1) is 17.3. The molecule has 1 atom stereocenters. The van der Waals surface area contributed by atoms with Crippen LogP contribution in [0.3, 0.4) is 0 Å². The summed E-state index contributed by atoms with van der Waals surface area (Å²) in [5.74, 6) is 0.720. The molecule has 0 radical (unpaired) electrons. The number of fused-ring (bicyclic) bond motifs is 1. The third-order valence-corrected chi connectivity index (χ3v) is 6.84. The third kappa shape index (κ3) is 3.05. The van der Waals surface area contributed by atoms with Crippen LogP contribution in [0.1, 0.15) is 16.0 Å². The standard InChI is InChI=1S/C18H17NO5S2/c20-18(14-6-7-23-11-14,17-2-1-9-25-17)12-19-26(21,22)15-3-4-16-13(10-15)5-8-24-16/h1-4,6-7,9-11,19-20H,5,8,12H2/t18-/m1/s1. The lowest BCUT2D eigenvalue weighted by molar-refractivity contribution is 0.0892. The number of hydrogen-bond acceptors (Lipinski definition) is 6. The van der Waals surface area contributed by atoms with Gasteiger partial charge in [-0.15, -0.1) is 11.3 Å². The Morgan fingerprint density at radius 3 is 2.88 bits per heavy atom. The second-order valence-corrected chi connectivity index (χ2v) is 8.76. The lowest BCUT2D eigenvalue weighted by Gasteiger charge is -2.26. The van der Waals surface area contributed by atoms with Crippen molar-refractivity contribution >= 4 is 21.4 Å². The van der Waals surface area contributed by atoms with Crippen LogP contribution < -0.4 is 9.46 Å². The molecule has 0 spiro atoms. The van der Waals surface area contributed by atoms with Crippen LogP contribution in [-0.2, 0) is 22.0 Å². The lowest BCUT2D eigenvalue weighted by Crippen LogP contribution is -2.40. The molecular weight excluding hydrogens is 374 g/mol. The van der Waals surface area contributed by atoms with E-state index in [0.29, 0.717) is 23.5 Å². The van der Waals surface area contributed by atoms with Gasteiger partial charge in [-0.1, -0.05) is 6.07 Å². The maximum absolute atomic E-state index is 12.7. The average molecular weight is 391 g/mol. The van der Waals surface area contributed by atoms with Gasteiger partial charge in [0.1, 0.15) is 11.4 Å². The number of furan rings is 1. The molecule has 0 fully saturated rings. The van der Waals surface area contributed by atoms with Gasteiger partial charge in [0, 0.05) is 23.4 Å². The molecule has 1 aliphatic heterocycles. The number of sulfonamides is 1. The van der Waals surface area contributed by atoms with Gasteiger partial charge in [-0.25, -0.2) is 13.1 Å². The highest BCUT2D eigenvalue weighted by Crippen LogP contribution is 2.33. The average Bonchev–Trinajstić information content (AvgIpc) is 3.41. The molecule has 0 saturated carbocycles. The fourth-order valence-corrected chi connectivity index (χ4v) is 4.91. The summed E-state index contributed by atoms with van der Waals surface area (Å²) in [5, 5.41) is 13.0. The van der Waals surface area contributed by atoms with Crippen LogP contribution in [0.4, 0.5) is 0 Å². The molecule has 4 rings (SSSR count). The van der Waals surface area contributed by atoms with Gasteiger partial charge in [-0.3, -0.25) is 0 Å². The fraction of sp³-hybridized carbons (Fsp3) is 0.222. The Morgan fingerprint density at radius 2 is 2.15 bits per heavy atom. The lowest BCUT2D eigenvalue weighted by atomic mass is 9.95. The van der Waals surface area contributed by atoms with Crippen molar-refractivity contribution in [3.63, 3.8) is 0 Å². The maximum atomic E-state index is 12.7. The van der Waals surface area contributed by atoms with E-state index in [0.717, 1.165) is 11.3 Å².